The average molecular weight is 629 g/mol. The van der Waals surface area contributed by atoms with Gasteiger partial charge >= 0.3 is 0 Å². The van der Waals surface area contributed by atoms with Crippen molar-refractivity contribution < 1.29 is 26.4 Å². The molecule has 13 heteroatoms. The van der Waals surface area contributed by atoms with Gasteiger partial charge in [0.15, 0.2) is 15.0 Å². The summed E-state index contributed by atoms with van der Waals surface area (Å²) < 4.78 is 59.1. The maximum Gasteiger partial charge on any atom is 0.264 e. The fourth-order valence-electron chi connectivity index (χ4n) is 4.81. The van der Waals surface area contributed by atoms with Crippen molar-refractivity contribution in [2.75, 3.05) is 61.4 Å². The summed E-state index contributed by atoms with van der Waals surface area (Å²) in [5.41, 5.74) is 1.17. The minimum Gasteiger partial charge on any atom is -0.379 e. The number of morpholine rings is 1. The Morgan fingerprint density at radius 3 is 2.29 bits per heavy atom. The van der Waals surface area contributed by atoms with Gasteiger partial charge in [-0.3, -0.25) is 18.9 Å². The Morgan fingerprint density at radius 2 is 1.64 bits per heavy atom. The molecule has 0 aliphatic carbocycles. The second-order valence-electron chi connectivity index (χ2n) is 9.81. The molecular weight excluding hydrogens is 597 g/mol. The van der Waals surface area contributed by atoms with Crippen LogP contribution in [0.25, 0.3) is 10.2 Å². The number of sulfonamides is 1. The molecule has 1 fully saturated rings. The number of hydrogen-bond acceptors (Lipinski definition) is 9. The van der Waals surface area contributed by atoms with E-state index in [1.54, 1.807) is 43.3 Å². The van der Waals surface area contributed by atoms with Crippen LogP contribution in [-0.4, -0.2) is 84.8 Å². The predicted molar refractivity (Wildman–Crippen MR) is 165 cm³/mol. The molecule has 0 spiro atoms. The fourth-order valence-corrected chi connectivity index (χ4v) is 8.20. The van der Waals surface area contributed by atoms with Crippen molar-refractivity contribution in [3.8, 4) is 0 Å². The quantitative estimate of drug-likeness (QED) is 0.260. The van der Waals surface area contributed by atoms with E-state index in [1.165, 1.54) is 50.9 Å². The van der Waals surface area contributed by atoms with E-state index in [-0.39, 0.29) is 22.2 Å². The summed E-state index contributed by atoms with van der Waals surface area (Å²) in [5.74, 6) is -0.359. The van der Waals surface area contributed by atoms with E-state index < -0.39 is 19.9 Å². The van der Waals surface area contributed by atoms with Crippen LogP contribution >= 0.6 is 11.3 Å². The maximum atomic E-state index is 13.9. The zero-order valence-electron chi connectivity index (χ0n) is 23.3. The van der Waals surface area contributed by atoms with Crippen molar-refractivity contribution in [1.29, 1.82) is 0 Å². The first-order valence-electron chi connectivity index (χ1n) is 13.5. The van der Waals surface area contributed by atoms with Gasteiger partial charge in [-0.25, -0.2) is 21.8 Å². The molecule has 0 N–H and O–H groups in total. The van der Waals surface area contributed by atoms with Crippen LogP contribution in [0.5, 0.6) is 0 Å². The summed E-state index contributed by atoms with van der Waals surface area (Å²) in [5, 5.41) is 0.372. The number of thiazole rings is 1. The van der Waals surface area contributed by atoms with E-state index in [0.29, 0.717) is 52.9 Å². The van der Waals surface area contributed by atoms with Crippen molar-refractivity contribution in [2.24, 2.45) is 0 Å². The van der Waals surface area contributed by atoms with Gasteiger partial charge in [0.05, 0.1) is 33.4 Å². The number of ether oxygens (including phenoxy) is 1. The van der Waals surface area contributed by atoms with Gasteiger partial charge in [0.1, 0.15) is 5.52 Å². The molecule has 4 aromatic rings. The molecule has 1 amide bonds. The first-order chi connectivity index (χ1) is 20.1. The summed E-state index contributed by atoms with van der Waals surface area (Å²) in [6.07, 6.45) is 1.13. The predicted octanol–water partition coefficient (Wildman–Crippen LogP) is 3.89. The summed E-state index contributed by atoms with van der Waals surface area (Å²) >= 11 is 1.24. The summed E-state index contributed by atoms with van der Waals surface area (Å²) in [6, 6.07) is 19.7. The lowest BCUT2D eigenvalue weighted by Gasteiger charge is -2.29. The first-order valence-corrected chi connectivity index (χ1v) is 17.6. The number of amides is 1. The molecule has 10 nitrogen and oxygen atoms in total. The lowest BCUT2D eigenvalue weighted by Crippen LogP contribution is -2.43. The van der Waals surface area contributed by atoms with Crippen molar-refractivity contribution in [3.63, 3.8) is 0 Å². The molecule has 1 aromatic heterocycles. The number of benzene rings is 3. The van der Waals surface area contributed by atoms with Crippen LogP contribution < -0.4 is 9.21 Å². The normalized spacial score (nSPS) is 14.6. The van der Waals surface area contributed by atoms with Gasteiger partial charge in [-0.2, -0.15) is 0 Å². The van der Waals surface area contributed by atoms with Crippen molar-refractivity contribution in [1.82, 2.24) is 9.88 Å². The van der Waals surface area contributed by atoms with Crippen LogP contribution in [0.2, 0.25) is 0 Å². The lowest BCUT2D eigenvalue weighted by molar-refractivity contribution is 0.0391. The molecular formula is C29H32N4O6S3. The Labute approximate surface area is 250 Å². The van der Waals surface area contributed by atoms with Gasteiger partial charge in [0.2, 0.25) is 0 Å². The van der Waals surface area contributed by atoms with E-state index in [9.17, 15) is 21.6 Å². The second kappa shape index (κ2) is 12.5. The van der Waals surface area contributed by atoms with E-state index in [2.05, 4.69) is 9.88 Å². The van der Waals surface area contributed by atoms with Gasteiger partial charge in [-0.05, 0) is 55.5 Å². The van der Waals surface area contributed by atoms with Gasteiger partial charge in [0.25, 0.3) is 15.9 Å². The third-order valence-corrected chi connectivity index (χ3v) is 11.1. The SMILES string of the molecule is CCN(c1ccccc1)S(=O)(=O)c1ccc(C(=O)N(CCN2CCOCC2)c2nc3c(S(C)(=O)=O)cccc3s2)cc1. The number of carbonyl (C=O) groups excluding carboxylic acids is 1. The molecule has 0 bridgehead atoms. The standard InChI is InChI=1S/C29H32N4O6S3/c1-3-33(23-8-5-4-6-9-23)42(37,38)24-14-12-22(13-15-24)28(34)32(17-16-31-18-20-39-21-19-31)29-30-27-25(40-29)10-7-11-26(27)41(2,35)36/h4-15H,3,16-21H2,1-2H3. The first kappa shape index (κ1) is 30.1. The molecule has 1 aliphatic rings. The zero-order valence-corrected chi connectivity index (χ0v) is 25.8. The average Bonchev–Trinajstić information content (AvgIpc) is 3.42. The number of nitrogens with zero attached hydrogens (tertiary/aromatic N) is 4. The summed E-state index contributed by atoms with van der Waals surface area (Å²) in [7, 11) is -7.39. The highest BCUT2D eigenvalue weighted by molar-refractivity contribution is 7.92. The van der Waals surface area contributed by atoms with Crippen LogP contribution in [0.3, 0.4) is 0 Å². The third kappa shape index (κ3) is 6.35. The topological polar surface area (TPSA) is 117 Å². The monoisotopic (exact) mass is 628 g/mol. The third-order valence-electron chi connectivity index (χ3n) is 7.01. The fraction of sp³-hybridized carbons (Fsp3) is 0.310. The van der Waals surface area contributed by atoms with Gasteiger partial charge in [-0.1, -0.05) is 35.6 Å². The second-order valence-corrected chi connectivity index (χ2v) is 14.7. The molecule has 5 rings (SSSR count). The molecule has 42 heavy (non-hydrogen) atoms. The van der Waals surface area contributed by atoms with Gasteiger partial charge in [-0.15, -0.1) is 0 Å². The number of fused-ring (bicyclic) bond motifs is 1. The van der Waals surface area contributed by atoms with Crippen LogP contribution in [-0.2, 0) is 24.6 Å². The number of hydrogen-bond donors (Lipinski definition) is 0. The van der Waals surface area contributed by atoms with Gasteiger partial charge < -0.3 is 4.74 Å². The lowest BCUT2D eigenvalue weighted by atomic mass is 10.2. The summed E-state index contributed by atoms with van der Waals surface area (Å²) in [6.45, 7) is 5.59. The highest BCUT2D eigenvalue weighted by Gasteiger charge is 2.27. The molecule has 1 saturated heterocycles. The number of anilines is 2. The van der Waals surface area contributed by atoms with Crippen LogP contribution in [0.4, 0.5) is 10.8 Å². The Balaban J connectivity index is 1.47. The number of aromatic nitrogens is 1. The Hall–Kier alpha value is -3.36. The van der Waals surface area contributed by atoms with E-state index in [0.717, 1.165) is 19.3 Å². The maximum absolute atomic E-state index is 13.9. The molecule has 222 valence electrons. The largest absolute Gasteiger partial charge is 0.379 e. The van der Waals surface area contributed by atoms with Crippen molar-refractivity contribution in [2.45, 2.75) is 16.7 Å². The summed E-state index contributed by atoms with van der Waals surface area (Å²) in [4.78, 5) is 22.4. The molecule has 0 saturated carbocycles. The number of para-hydroxylation sites is 2. The molecule has 1 aliphatic heterocycles. The molecule has 2 heterocycles. The smallest absolute Gasteiger partial charge is 0.264 e. The Kier molecular flexibility index (Phi) is 8.94. The number of carbonyl (C=O) groups is 1. The Bertz CT molecular complexity index is 1770. The van der Waals surface area contributed by atoms with Crippen molar-refractivity contribution in [3.05, 3.63) is 78.4 Å². The zero-order chi connectivity index (χ0) is 29.9. The molecule has 3 aromatic carbocycles. The van der Waals surface area contributed by atoms with E-state index in [4.69, 9.17) is 4.74 Å². The number of rotatable bonds is 10. The minimum atomic E-state index is -3.86. The van der Waals surface area contributed by atoms with Crippen molar-refractivity contribution >= 4 is 58.1 Å². The van der Waals surface area contributed by atoms with Gasteiger partial charge in [0, 0.05) is 44.5 Å². The molecule has 0 unspecified atom stereocenters. The van der Waals surface area contributed by atoms with Crippen LogP contribution in [0.15, 0.2) is 82.6 Å². The highest BCUT2D eigenvalue weighted by Crippen LogP contribution is 2.33. The van der Waals surface area contributed by atoms with Crippen LogP contribution in [0, 0.1) is 0 Å². The number of sulfone groups is 1. The Morgan fingerprint density at radius 1 is 0.952 bits per heavy atom. The van der Waals surface area contributed by atoms with Crippen LogP contribution in [0.1, 0.15) is 17.3 Å². The molecule has 0 atom stereocenters. The highest BCUT2D eigenvalue weighted by atomic mass is 32.2. The van der Waals surface area contributed by atoms with E-state index in [1.807, 2.05) is 6.07 Å². The minimum absolute atomic E-state index is 0.0717. The van der Waals surface area contributed by atoms with E-state index >= 15 is 0 Å². The molecule has 0 radical (unpaired) electrons.